The van der Waals surface area contributed by atoms with Gasteiger partial charge in [-0.2, -0.15) is 0 Å². The molecule has 1 aromatic heterocycles. The third kappa shape index (κ3) is 4.32. The molecule has 10 nitrogen and oxygen atoms in total. The zero-order chi connectivity index (χ0) is 29.0. The number of carbonyl (C=O) groups is 1. The number of rotatable bonds is 5. The fourth-order valence-corrected chi connectivity index (χ4v) is 5.95. The van der Waals surface area contributed by atoms with Gasteiger partial charge in [-0.05, 0) is 63.3 Å². The molecule has 1 aliphatic rings. The molecule has 40 heavy (non-hydrogen) atoms. The van der Waals surface area contributed by atoms with Crippen LogP contribution in [0.15, 0.2) is 39.5 Å². The number of fused-ring (bicyclic) bond motifs is 5. The number of benzene rings is 3. The van der Waals surface area contributed by atoms with Gasteiger partial charge in [0.05, 0.1) is 37.1 Å². The molecule has 0 amide bonds. The summed E-state index contributed by atoms with van der Waals surface area (Å²) in [7, 11) is 6.58. The molecule has 0 aliphatic carbocycles. The topological polar surface area (TPSA) is 128 Å². The van der Waals surface area contributed by atoms with Crippen LogP contribution in [0.2, 0.25) is 0 Å². The summed E-state index contributed by atoms with van der Waals surface area (Å²) in [6, 6.07) is 7.76. The number of aryl methyl sites for hydroxylation is 1. The summed E-state index contributed by atoms with van der Waals surface area (Å²) >= 11 is 0. The number of aliphatic hydroxyl groups excluding tert-OH is 1. The Kier molecular flexibility index (Phi) is 7.11. The monoisotopic (exact) mass is 551 g/mol. The van der Waals surface area contributed by atoms with Crippen LogP contribution >= 0.6 is 0 Å². The zero-order valence-corrected chi connectivity index (χ0v) is 23.5. The molecule has 212 valence electrons. The summed E-state index contributed by atoms with van der Waals surface area (Å²) in [6.45, 7) is 4.94. The van der Waals surface area contributed by atoms with E-state index >= 15 is 0 Å². The largest absolute Gasteiger partial charge is 0.507 e. The second kappa shape index (κ2) is 10.3. The van der Waals surface area contributed by atoms with Crippen LogP contribution in [0, 0.1) is 6.92 Å². The number of methoxy groups -OCH3 is 2. The van der Waals surface area contributed by atoms with Crippen LogP contribution in [0.1, 0.15) is 31.1 Å². The average molecular weight is 552 g/mol. The first-order chi connectivity index (χ1) is 19.0. The summed E-state index contributed by atoms with van der Waals surface area (Å²) in [5.74, 6) is 0.230. The highest BCUT2D eigenvalue weighted by Crippen LogP contribution is 2.47. The molecular formula is C30H33NO9. The van der Waals surface area contributed by atoms with Crippen LogP contribution in [0.3, 0.4) is 0 Å². The molecule has 4 aromatic rings. The number of nitrogens with zero attached hydrogens (tertiary/aromatic N) is 1. The molecule has 5 atom stereocenters. The first kappa shape index (κ1) is 27.7. The summed E-state index contributed by atoms with van der Waals surface area (Å²) in [4.78, 5) is 27.0. The maximum Gasteiger partial charge on any atom is 0.344 e. The second-order valence-corrected chi connectivity index (χ2v) is 10.4. The number of esters is 1. The van der Waals surface area contributed by atoms with Gasteiger partial charge in [0, 0.05) is 23.1 Å². The Hall–Kier alpha value is -3.86. The number of phenols is 1. The van der Waals surface area contributed by atoms with Crippen LogP contribution in [-0.4, -0.2) is 73.8 Å². The first-order valence-corrected chi connectivity index (χ1v) is 12.9. The molecule has 0 bridgehead atoms. The number of hydrogen-bond acceptors (Lipinski definition) is 10. The van der Waals surface area contributed by atoms with Crippen molar-refractivity contribution in [3.63, 3.8) is 0 Å². The smallest absolute Gasteiger partial charge is 0.344 e. The van der Waals surface area contributed by atoms with Gasteiger partial charge >= 0.3 is 11.6 Å². The minimum Gasteiger partial charge on any atom is -0.507 e. The van der Waals surface area contributed by atoms with Gasteiger partial charge in [-0.3, -0.25) is 4.79 Å². The van der Waals surface area contributed by atoms with E-state index in [0.717, 1.165) is 5.56 Å². The predicted molar refractivity (Wildman–Crippen MR) is 149 cm³/mol. The highest BCUT2D eigenvalue weighted by atomic mass is 16.6. The van der Waals surface area contributed by atoms with Gasteiger partial charge in [-0.1, -0.05) is 6.07 Å². The minimum absolute atomic E-state index is 0.101. The first-order valence-electron chi connectivity index (χ1n) is 12.9. The molecule has 2 N–H and O–H groups in total. The summed E-state index contributed by atoms with van der Waals surface area (Å²) < 4.78 is 29.2. The van der Waals surface area contributed by atoms with E-state index in [0.29, 0.717) is 44.0 Å². The van der Waals surface area contributed by atoms with E-state index in [9.17, 15) is 19.8 Å². The van der Waals surface area contributed by atoms with Gasteiger partial charge in [-0.25, -0.2) is 4.79 Å². The van der Waals surface area contributed by atoms with Crippen LogP contribution in [-0.2, 0) is 14.3 Å². The second-order valence-electron chi connectivity index (χ2n) is 10.4. The molecule has 5 rings (SSSR count). The fourth-order valence-electron chi connectivity index (χ4n) is 5.95. The number of aromatic hydroxyl groups is 1. The van der Waals surface area contributed by atoms with E-state index in [1.54, 1.807) is 44.1 Å². The van der Waals surface area contributed by atoms with E-state index in [2.05, 4.69) is 0 Å². The molecule has 2 heterocycles. The van der Waals surface area contributed by atoms with Crippen molar-refractivity contribution in [2.24, 2.45) is 0 Å². The number of carbonyl (C=O) groups excluding carboxylic acids is 1. The molecule has 0 saturated carbocycles. The molecule has 0 unspecified atom stereocenters. The predicted octanol–water partition coefficient (Wildman–Crippen LogP) is 3.81. The van der Waals surface area contributed by atoms with Gasteiger partial charge in [0.15, 0.2) is 0 Å². The fraction of sp³-hybridized carbons (Fsp3) is 0.400. The zero-order valence-electron chi connectivity index (χ0n) is 23.5. The molecule has 1 fully saturated rings. The van der Waals surface area contributed by atoms with Crippen molar-refractivity contribution < 1.29 is 38.4 Å². The minimum atomic E-state index is -1.16. The Morgan fingerprint density at radius 3 is 2.30 bits per heavy atom. The molecule has 0 radical (unpaired) electrons. The normalized spacial score (nSPS) is 23.2. The van der Waals surface area contributed by atoms with Crippen LogP contribution in [0.25, 0.3) is 32.5 Å². The van der Waals surface area contributed by atoms with Gasteiger partial charge in [0.1, 0.15) is 41.1 Å². The third-order valence-electron chi connectivity index (χ3n) is 7.60. The van der Waals surface area contributed by atoms with Gasteiger partial charge in [-0.15, -0.1) is 0 Å². The Morgan fingerprint density at radius 1 is 1.00 bits per heavy atom. The van der Waals surface area contributed by atoms with Gasteiger partial charge in [0.2, 0.25) is 0 Å². The van der Waals surface area contributed by atoms with Crippen molar-refractivity contribution in [3.8, 4) is 17.2 Å². The van der Waals surface area contributed by atoms with Crippen molar-refractivity contribution in [2.45, 2.75) is 51.2 Å². The maximum absolute atomic E-state index is 13.3. The number of aliphatic hydroxyl groups is 1. The Labute approximate surface area is 230 Å². The van der Waals surface area contributed by atoms with Crippen molar-refractivity contribution in [3.05, 3.63) is 51.9 Å². The number of likely N-dealkylation sites (N-methyl/N-ethyl adjacent to an activating group) is 1. The molecule has 1 saturated heterocycles. The average Bonchev–Trinajstić information content (AvgIpc) is 2.90. The lowest BCUT2D eigenvalue weighted by atomic mass is 9.86. The molecule has 3 aromatic carbocycles. The van der Waals surface area contributed by atoms with E-state index in [-0.39, 0.29) is 11.3 Å². The van der Waals surface area contributed by atoms with Gasteiger partial charge < -0.3 is 38.5 Å². The SMILES string of the molecule is COc1cc2c(oc(=O)c3cc(C)cc(OC)c32)c2c([C@@H]3O[C@@H](C)[C@H](OC(C)=O)[C@H](N(C)C)[C@H]3O)ccc(O)c12. The summed E-state index contributed by atoms with van der Waals surface area (Å²) in [5, 5.41) is 24.7. The molecule has 1 aliphatic heterocycles. The van der Waals surface area contributed by atoms with Crippen molar-refractivity contribution >= 4 is 38.5 Å². The van der Waals surface area contributed by atoms with Gasteiger partial charge in [0.25, 0.3) is 0 Å². The van der Waals surface area contributed by atoms with E-state index in [1.165, 1.54) is 27.2 Å². The van der Waals surface area contributed by atoms with Crippen LogP contribution in [0.4, 0.5) is 0 Å². The van der Waals surface area contributed by atoms with Crippen molar-refractivity contribution in [2.75, 3.05) is 28.3 Å². The molecule has 10 heteroatoms. The lowest BCUT2D eigenvalue weighted by Gasteiger charge is -2.46. The van der Waals surface area contributed by atoms with Crippen molar-refractivity contribution in [1.29, 1.82) is 0 Å². The Balaban J connectivity index is 1.87. The summed E-state index contributed by atoms with van der Waals surface area (Å²) in [5.41, 5.74) is 0.905. The van der Waals surface area contributed by atoms with Crippen LogP contribution in [0.5, 0.6) is 17.2 Å². The van der Waals surface area contributed by atoms with E-state index in [4.69, 9.17) is 23.4 Å². The molecular weight excluding hydrogens is 518 g/mol. The lowest BCUT2D eigenvalue weighted by molar-refractivity contribution is -0.212. The van der Waals surface area contributed by atoms with E-state index in [1.807, 2.05) is 13.0 Å². The number of ether oxygens (including phenoxy) is 4. The highest BCUT2D eigenvalue weighted by molar-refractivity contribution is 6.19. The Morgan fingerprint density at radius 2 is 1.68 bits per heavy atom. The quantitative estimate of drug-likeness (QED) is 0.215. The highest BCUT2D eigenvalue weighted by Gasteiger charge is 2.47. The molecule has 0 spiro atoms. The Bertz CT molecular complexity index is 1690. The third-order valence-corrected chi connectivity index (χ3v) is 7.60. The number of phenolic OH excluding ortho intramolecular Hbond substituents is 1. The summed E-state index contributed by atoms with van der Waals surface area (Å²) in [6.07, 6.45) is -3.42. The maximum atomic E-state index is 13.3. The number of hydrogen-bond donors (Lipinski definition) is 2. The van der Waals surface area contributed by atoms with Crippen molar-refractivity contribution in [1.82, 2.24) is 4.90 Å². The van der Waals surface area contributed by atoms with Crippen LogP contribution < -0.4 is 15.1 Å². The van der Waals surface area contributed by atoms with E-state index < -0.39 is 42.1 Å². The lowest BCUT2D eigenvalue weighted by Crippen LogP contribution is -2.60. The standard InChI is InChI=1S/C30H33NO9/c1-13-10-18-22(20(11-13)36-6)17-12-21(37-7)24-19(33)9-8-16(23(24)28(17)40-30(18)35)29-26(34)25(31(4)5)27(14(2)38-29)39-15(3)32/h8-12,14,25-27,29,33-34H,1-7H3/t14-,25+,26+,27-,29-/m0/s1.